The van der Waals surface area contributed by atoms with E-state index in [-0.39, 0.29) is 6.03 Å². The van der Waals surface area contributed by atoms with E-state index in [9.17, 15) is 9.59 Å². The van der Waals surface area contributed by atoms with Crippen molar-refractivity contribution in [1.29, 1.82) is 0 Å². The fourth-order valence-electron chi connectivity index (χ4n) is 3.16. The van der Waals surface area contributed by atoms with E-state index in [1.807, 2.05) is 24.0 Å². The van der Waals surface area contributed by atoms with Crippen molar-refractivity contribution >= 4 is 29.6 Å². The summed E-state index contributed by atoms with van der Waals surface area (Å²) in [5.74, 6) is 0. The van der Waals surface area contributed by atoms with Gasteiger partial charge in [0.2, 0.25) is 0 Å². The van der Waals surface area contributed by atoms with Crippen LogP contribution in [-0.2, 0) is 4.79 Å². The van der Waals surface area contributed by atoms with E-state index in [4.69, 9.17) is 11.6 Å². The zero-order chi connectivity index (χ0) is 16.7. The van der Waals surface area contributed by atoms with E-state index >= 15 is 0 Å². The Bertz CT molecular complexity index is 525. The van der Waals surface area contributed by atoms with E-state index in [0.29, 0.717) is 13.0 Å². The number of carbonyl (C=O) groups is 2. The average Bonchev–Trinajstić information content (AvgIpc) is 2.56. The molecule has 1 heterocycles. The minimum Gasteiger partial charge on any atom is -0.338 e. The highest BCUT2D eigenvalue weighted by atomic mass is 35.5. The molecule has 23 heavy (non-hydrogen) atoms. The van der Waals surface area contributed by atoms with Crippen molar-refractivity contribution in [2.24, 2.45) is 0 Å². The van der Waals surface area contributed by atoms with Crippen LogP contribution in [0.25, 0.3) is 0 Å². The molecular formula is C17H25ClN3O2+. The van der Waals surface area contributed by atoms with E-state index in [2.05, 4.69) is 17.4 Å². The molecule has 0 atom stereocenters. The van der Waals surface area contributed by atoms with Crippen LogP contribution in [0.1, 0.15) is 19.8 Å². The van der Waals surface area contributed by atoms with Crippen LogP contribution in [0.4, 0.5) is 10.5 Å². The Hall–Kier alpha value is -1.59. The summed E-state index contributed by atoms with van der Waals surface area (Å²) in [6, 6.07) is 7.95. The number of nitrogens with one attached hydrogen (secondary N) is 1. The molecule has 5 nitrogen and oxygen atoms in total. The number of benzene rings is 1. The Morgan fingerprint density at radius 2 is 1.96 bits per heavy atom. The van der Waals surface area contributed by atoms with Crippen molar-refractivity contribution in [3.05, 3.63) is 29.3 Å². The van der Waals surface area contributed by atoms with Crippen LogP contribution in [0.15, 0.2) is 24.3 Å². The molecule has 0 aromatic heterocycles. The van der Waals surface area contributed by atoms with Crippen LogP contribution < -0.4 is 9.80 Å². The summed E-state index contributed by atoms with van der Waals surface area (Å²) < 4.78 is 0.806. The topological polar surface area (TPSA) is 49.4 Å². The predicted molar refractivity (Wildman–Crippen MR) is 93.8 cm³/mol. The van der Waals surface area contributed by atoms with E-state index in [0.717, 1.165) is 54.9 Å². The first-order valence-corrected chi connectivity index (χ1v) is 8.58. The van der Waals surface area contributed by atoms with Gasteiger partial charge in [-0.1, -0.05) is 11.6 Å². The number of hydrogen-bond acceptors (Lipinski definition) is 2. The van der Waals surface area contributed by atoms with Crippen molar-refractivity contribution in [1.82, 2.24) is 14.7 Å². The first-order valence-electron chi connectivity index (χ1n) is 8.20. The first kappa shape index (κ1) is 17.8. The van der Waals surface area contributed by atoms with Gasteiger partial charge in [0, 0.05) is 36.5 Å². The van der Waals surface area contributed by atoms with Gasteiger partial charge in [-0.05, 0) is 19.1 Å². The Morgan fingerprint density at radius 3 is 2.52 bits per heavy atom. The largest absolute Gasteiger partial charge is 0.338 e. The zero-order valence-electron chi connectivity index (χ0n) is 13.6. The van der Waals surface area contributed by atoms with E-state index in [1.165, 1.54) is 5.69 Å². The highest BCUT2D eigenvalue weighted by Gasteiger charge is 2.36. The number of rotatable bonds is 6. The lowest BCUT2D eigenvalue weighted by Crippen LogP contribution is -2.63. The van der Waals surface area contributed by atoms with E-state index in [1.54, 1.807) is 0 Å². The summed E-state index contributed by atoms with van der Waals surface area (Å²) in [5.41, 5.74) is 1.20. The lowest BCUT2D eigenvalue weighted by Gasteiger charge is -2.44. The maximum atomic E-state index is 12.0. The van der Waals surface area contributed by atoms with Gasteiger partial charge in [0.25, 0.3) is 0 Å². The molecular weight excluding hydrogens is 314 g/mol. The predicted octanol–water partition coefficient (Wildman–Crippen LogP) is 2.67. The second-order valence-electron chi connectivity index (χ2n) is 5.92. The quantitative estimate of drug-likeness (QED) is 0.492. The number of nitrogens with zero attached hydrogens (tertiary/aromatic N) is 2. The standard InChI is InChI=1S/C17H24ClN3O2/c1-2-19-17(23)20-9-12-21(13-10-20,11-3-4-14-22)16-7-5-15(18)6-8-16/h5-8,14H,2-4,9-13H2,1H3/p+1. The smallest absolute Gasteiger partial charge is 0.317 e. The highest BCUT2D eigenvalue weighted by molar-refractivity contribution is 6.30. The second-order valence-corrected chi connectivity index (χ2v) is 6.36. The molecule has 0 saturated carbocycles. The third-order valence-electron chi connectivity index (χ3n) is 4.49. The second kappa shape index (κ2) is 8.31. The third kappa shape index (κ3) is 4.45. The fourth-order valence-corrected chi connectivity index (χ4v) is 3.29. The molecule has 1 aromatic rings. The maximum absolute atomic E-state index is 12.0. The summed E-state index contributed by atoms with van der Waals surface area (Å²) in [4.78, 5) is 24.5. The molecule has 1 aromatic carbocycles. The number of aldehydes is 1. The Kier molecular flexibility index (Phi) is 6.42. The molecule has 2 rings (SSSR count). The number of urea groups is 1. The van der Waals surface area contributed by atoms with Crippen LogP contribution >= 0.6 is 11.6 Å². The van der Waals surface area contributed by atoms with Gasteiger partial charge < -0.3 is 15.0 Å². The van der Waals surface area contributed by atoms with Crippen molar-refractivity contribution in [2.75, 3.05) is 39.3 Å². The maximum Gasteiger partial charge on any atom is 0.317 e. The minimum absolute atomic E-state index is 0.00861. The number of amides is 2. The summed E-state index contributed by atoms with van der Waals surface area (Å²) in [6.07, 6.45) is 2.41. The molecule has 0 radical (unpaired) electrons. The van der Waals surface area contributed by atoms with Gasteiger partial charge >= 0.3 is 6.03 Å². The molecule has 1 fully saturated rings. The molecule has 0 aliphatic carbocycles. The Balaban J connectivity index is 2.12. The van der Waals surface area contributed by atoms with Crippen LogP contribution in [0, 0.1) is 0 Å². The minimum atomic E-state index is 0.00861. The van der Waals surface area contributed by atoms with E-state index < -0.39 is 0 Å². The van der Waals surface area contributed by atoms with Gasteiger partial charge in [-0.2, -0.15) is 0 Å². The number of halogens is 1. The van der Waals surface area contributed by atoms with Crippen LogP contribution in [0.3, 0.4) is 0 Å². The highest BCUT2D eigenvalue weighted by Crippen LogP contribution is 2.28. The molecule has 1 aliphatic rings. The monoisotopic (exact) mass is 338 g/mol. The van der Waals surface area contributed by atoms with Gasteiger partial charge in [-0.15, -0.1) is 0 Å². The van der Waals surface area contributed by atoms with Crippen molar-refractivity contribution in [3.63, 3.8) is 0 Å². The molecule has 1 N–H and O–H groups in total. The van der Waals surface area contributed by atoms with Gasteiger partial charge in [0.1, 0.15) is 25.1 Å². The molecule has 1 saturated heterocycles. The number of unbranched alkanes of at least 4 members (excludes halogenated alkanes) is 1. The molecule has 0 unspecified atom stereocenters. The van der Waals surface area contributed by atoms with Gasteiger partial charge in [-0.25, -0.2) is 4.79 Å². The first-order chi connectivity index (χ1) is 11.1. The summed E-state index contributed by atoms with van der Waals surface area (Å²) in [6.45, 7) is 6.63. The molecule has 1 aliphatic heterocycles. The number of hydrogen-bond donors (Lipinski definition) is 1. The zero-order valence-corrected chi connectivity index (χ0v) is 14.4. The molecule has 0 bridgehead atoms. The summed E-state index contributed by atoms with van der Waals surface area (Å²) in [5, 5.41) is 3.58. The Labute approximate surface area is 142 Å². The van der Waals surface area contributed by atoms with Gasteiger partial charge in [0.05, 0.1) is 19.6 Å². The Morgan fingerprint density at radius 1 is 1.30 bits per heavy atom. The van der Waals surface area contributed by atoms with Crippen molar-refractivity contribution in [3.8, 4) is 0 Å². The number of quaternary nitrogens is 1. The lowest BCUT2D eigenvalue weighted by molar-refractivity contribution is -0.108. The van der Waals surface area contributed by atoms with Crippen LogP contribution in [-0.4, -0.2) is 56.5 Å². The van der Waals surface area contributed by atoms with Crippen molar-refractivity contribution < 1.29 is 9.59 Å². The van der Waals surface area contributed by atoms with Crippen LogP contribution in [0.2, 0.25) is 5.02 Å². The number of carbonyl (C=O) groups excluding carboxylic acids is 2. The SMILES string of the molecule is CCNC(=O)N1CC[N+](CCCC=O)(c2ccc(Cl)cc2)CC1. The number of piperazine rings is 1. The third-order valence-corrected chi connectivity index (χ3v) is 4.75. The summed E-state index contributed by atoms with van der Waals surface area (Å²) in [7, 11) is 0. The lowest BCUT2D eigenvalue weighted by atomic mass is 10.1. The van der Waals surface area contributed by atoms with Crippen molar-refractivity contribution in [2.45, 2.75) is 19.8 Å². The van der Waals surface area contributed by atoms with Gasteiger partial charge in [-0.3, -0.25) is 4.48 Å². The normalized spacial score (nSPS) is 16.9. The summed E-state index contributed by atoms with van der Waals surface area (Å²) >= 11 is 6.01. The molecule has 6 heteroatoms. The average molecular weight is 339 g/mol. The fraction of sp³-hybridized carbons (Fsp3) is 0.529. The van der Waals surface area contributed by atoms with Crippen LogP contribution in [0.5, 0.6) is 0 Å². The van der Waals surface area contributed by atoms with Gasteiger partial charge in [0.15, 0.2) is 0 Å². The molecule has 126 valence electrons. The molecule has 2 amide bonds. The molecule has 0 spiro atoms.